The minimum Gasteiger partial charge on any atom is -0.262 e. The lowest BCUT2D eigenvalue weighted by Gasteiger charge is -2.20. The Labute approximate surface area is 68.4 Å². The van der Waals surface area contributed by atoms with Crippen LogP contribution in [0.2, 0.25) is 0 Å². The summed E-state index contributed by atoms with van der Waals surface area (Å²) < 4.78 is 0. The smallest absolute Gasteiger partial charge is 0.120 e. The molecular weight excluding hydrogens is 136 g/mol. The topological polar surface area (TPSA) is 24.7 Å². The largest absolute Gasteiger partial charge is 0.262 e. The van der Waals surface area contributed by atoms with Crippen molar-refractivity contribution in [1.82, 2.24) is 0 Å². The maximum Gasteiger partial charge on any atom is 0.120 e. The molecule has 0 aromatic carbocycles. The van der Waals surface area contributed by atoms with E-state index in [1.165, 1.54) is 5.71 Å². The molecule has 0 amide bonds. The summed E-state index contributed by atoms with van der Waals surface area (Å²) in [5.41, 5.74) is 1.37. The van der Waals surface area contributed by atoms with Crippen LogP contribution in [0, 0.1) is 5.41 Å². The van der Waals surface area contributed by atoms with Crippen molar-refractivity contribution < 1.29 is 0 Å². The van der Waals surface area contributed by atoms with E-state index in [0.717, 1.165) is 5.84 Å². The Hall–Kier alpha value is -0.660. The SMILES string of the molecule is CC1=NC(C)C(C(C)(C)C)=N1. The third-order valence-corrected chi connectivity index (χ3v) is 1.83. The predicted molar refractivity (Wildman–Crippen MR) is 49.5 cm³/mol. The predicted octanol–water partition coefficient (Wildman–Crippen LogP) is 2.29. The Morgan fingerprint density at radius 3 is 2.00 bits per heavy atom. The Morgan fingerprint density at radius 1 is 1.27 bits per heavy atom. The van der Waals surface area contributed by atoms with Gasteiger partial charge in [0.05, 0.1) is 6.04 Å². The average Bonchev–Trinajstić information content (AvgIpc) is 2.08. The lowest BCUT2D eigenvalue weighted by Crippen LogP contribution is -2.27. The Morgan fingerprint density at radius 2 is 1.82 bits per heavy atom. The number of rotatable bonds is 0. The zero-order valence-corrected chi connectivity index (χ0v) is 7.97. The van der Waals surface area contributed by atoms with Gasteiger partial charge < -0.3 is 0 Å². The summed E-state index contributed by atoms with van der Waals surface area (Å²) in [6, 6.07) is 0.287. The van der Waals surface area contributed by atoms with Gasteiger partial charge in [-0.25, -0.2) is 4.99 Å². The van der Waals surface area contributed by atoms with Crippen LogP contribution < -0.4 is 0 Å². The molecule has 62 valence electrons. The zero-order chi connectivity index (χ0) is 8.65. The van der Waals surface area contributed by atoms with Gasteiger partial charge in [-0.3, -0.25) is 4.99 Å². The molecule has 1 heterocycles. The van der Waals surface area contributed by atoms with Crippen molar-refractivity contribution in [3.63, 3.8) is 0 Å². The van der Waals surface area contributed by atoms with E-state index in [4.69, 9.17) is 0 Å². The first-order chi connectivity index (χ1) is 4.91. The molecule has 0 N–H and O–H groups in total. The third-order valence-electron chi connectivity index (χ3n) is 1.83. The summed E-state index contributed by atoms with van der Waals surface area (Å²) in [5.74, 6) is 0.919. The number of hydrogen-bond acceptors (Lipinski definition) is 2. The van der Waals surface area contributed by atoms with Crippen molar-refractivity contribution in [3.05, 3.63) is 0 Å². The van der Waals surface area contributed by atoms with Gasteiger partial charge in [-0.1, -0.05) is 20.8 Å². The Bertz CT molecular complexity index is 218. The summed E-state index contributed by atoms with van der Waals surface area (Å²) in [7, 11) is 0. The van der Waals surface area contributed by atoms with Crippen LogP contribution in [-0.4, -0.2) is 17.6 Å². The highest BCUT2D eigenvalue weighted by Gasteiger charge is 2.27. The minimum absolute atomic E-state index is 0.167. The fraction of sp³-hybridized carbons (Fsp3) is 0.778. The van der Waals surface area contributed by atoms with Crippen LogP contribution in [-0.2, 0) is 0 Å². The molecule has 0 aromatic heterocycles. The quantitative estimate of drug-likeness (QED) is 0.509. The van der Waals surface area contributed by atoms with Crippen LogP contribution >= 0.6 is 0 Å². The summed E-state index contributed by atoms with van der Waals surface area (Å²) in [6.45, 7) is 10.6. The molecule has 0 aliphatic carbocycles. The number of aliphatic imine (C=N–C) groups is 2. The van der Waals surface area contributed by atoms with Crippen LogP contribution in [0.4, 0.5) is 0 Å². The molecule has 1 unspecified atom stereocenters. The highest BCUT2D eigenvalue weighted by Crippen LogP contribution is 2.23. The monoisotopic (exact) mass is 152 g/mol. The van der Waals surface area contributed by atoms with Crippen LogP contribution in [0.5, 0.6) is 0 Å². The molecule has 0 spiro atoms. The normalized spacial score (nSPS) is 25.0. The van der Waals surface area contributed by atoms with E-state index in [2.05, 4.69) is 37.7 Å². The first-order valence-electron chi connectivity index (χ1n) is 4.05. The molecule has 2 nitrogen and oxygen atoms in total. The molecule has 0 bridgehead atoms. The van der Waals surface area contributed by atoms with Gasteiger partial charge in [0.15, 0.2) is 0 Å². The minimum atomic E-state index is 0.167. The first-order valence-corrected chi connectivity index (χ1v) is 4.05. The highest BCUT2D eigenvalue weighted by molar-refractivity contribution is 6.07. The molecule has 0 aromatic rings. The Kier molecular flexibility index (Phi) is 1.87. The summed E-state index contributed by atoms with van der Waals surface area (Å²) in [5, 5.41) is 0. The summed E-state index contributed by atoms with van der Waals surface area (Å²) in [6.07, 6.45) is 0. The second-order valence-electron chi connectivity index (χ2n) is 4.10. The van der Waals surface area contributed by atoms with Gasteiger partial charge in [-0.2, -0.15) is 0 Å². The molecule has 0 saturated carbocycles. The van der Waals surface area contributed by atoms with Gasteiger partial charge >= 0.3 is 0 Å². The van der Waals surface area contributed by atoms with E-state index >= 15 is 0 Å². The van der Waals surface area contributed by atoms with Gasteiger partial charge in [-0.15, -0.1) is 0 Å². The fourth-order valence-corrected chi connectivity index (χ4v) is 1.43. The molecule has 2 heteroatoms. The maximum absolute atomic E-state index is 4.41. The van der Waals surface area contributed by atoms with Crippen LogP contribution in [0.3, 0.4) is 0 Å². The van der Waals surface area contributed by atoms with Crippen molar-refractivity contribution in [2.45, 2.75) is 40.7 Å². The van der Waals surface area contributed by atoms with Gasteiger partial charge in [0.25, 0.3) is 0 Å². The molecule has 0 saturated heterocycles. The molecule has 1 rings (SSSR count). The number of amidine groups is 1. The lowest BCUT2D eigenvalue weighted by molar-refractivity contribution is 0.574. The summed E-state index contributed by atoms with van der Waals surface area (Å²) in [4.78, 5) is 8.76. The second-order valence-corrected chi connectivity index (χ2v) is 4.10. The van der Waals surface area contributed by atoms with Gasteiger partial charge in [0.2, 0.25) is 0 Å². The van der Waals surface area contributed by atoms with Crippen molar-refractivity contribution in [3.8, 4) is 0 Å². The van der Waals surface area contributed by atoms with Crippen molar-refractivity contribution >= 4 is 11.5 Å². The van der Waals surface area contributed by atoms with E-state index in [1.807, 2.05) is 6.92 Å². The van der Waals surface area contributed by atoms with Crippen molar-refractivity contribution in [2.75, 3.05) is 0 Å². The van der Waals surface area contributed by atoms with E-state index in [1.54, 1.807) is 0 Å². The average molecular weight is 152 g/mol. The number of hydrogen-bond donors (Lipinski definition) is 0. The molecule has 0 radical (unpaired) electrons. The van der Waals surface area contributed by atoms with Crippen molar-refractivity contribution in [2.24, 2.45) is 15.4 Å². The standard InChI is InChI=1S/C9H16N2/c1-6-8(9(3,4)5)11-7(2)10-6/h6H,1-5H3. The summed E-state index contributed by atoms with van der Waals surface area (Å²) >= 11 is 0. The van der Waals surface area contributed by atoms with Crippen LogP contribution in [0.15, 0.2) is 9.98 Å². The van der Waals surface area contributed by atoms with E-state index < -0.39 is 0 Å². The van der Waals surface area contributed by atoms with Crippen LogP contribution in [0.25, 0.3) is 0 Å². The first kappa shape index (κ1) is 8.44. The lowest BCUT2D eigenvalue weighted by atomic mass is 9.86. The highest BCUT2D eigenvalue weighted by atomic mass is 15.0. The molecule has 1 atom stereocenters. The Balaban J connectivity index is 2.87. The molecule has 1 aliphatic heterocycles. The molecule has 1 aliphatic rings. The maximum atomic E-state index is 4.41. The van der Waals surface area contributed by atoms with Crippen molar-refractivity contribution in [1.29, 1.82) is 0 Å². The van der Waals surface area contributed by atoms with Crippen LogP contribution in [0.1, 0.15) is 34.6 Å². The third kappa shape index (κ3) is 1.67. The van der Waals surface area contributed by atoms with Gasteiger partial charge in [-0.05, 0) is 13.8 Å². The second kappa shape index (κ2) is 2.43. The molecule has 0 fully saturated rings. The number of nitrogens with zero attached hydrogens (tertiary/aromatic N) is 2. The molecule has 11 heavy (non-hydrogen) atoms. The van der Waals surface area contributed by atoms with Gasteiger partial charge in [0, 0.05) is 11.1 Å². The van der Waals surface area contributed by atoms with Gasteiger partial charge in [0.1, 0.15) is 5.84 Å². The zero-order valence-electron chi connectivity index (χ0n) is 7.97. The van der Waals surface area contributed by atoms with E-state index in [0.29, 0.717) is 0 Å². The fourth-order valence-electron chi connectivity index (χ4n) is 1.43. The van der Waals surface area contributed by atoms with E-state index in [-0.39, 0.29) is 11.5 Å². The van der Waals surface area contributed by atoms with E-state index in [9.17, 15) is 0 Å². The molecular formula is C9H16N2.